The zero-order chi connectivity index (χ0) is 21.7. The van der Waals surface area contributed by atoms with Gasteiger partial charge in [-0.2, -0.15) is 0 Å². The second kappa shape index (κ2) is 10.0. The Balaban J connectivity index is 1.71. The number of rotatable bonds is 9. The third-order valence-corrected chi connectivity index (χ3v) is 6.89. The summed E-state index contributed by atoms with van der Waals surface area (Å²) in [6.45, 7) is 6.38. The minimum absolute atomic E-state index is 0.00886. The summed E-state index contributed by atoms with van der Waals surface area (Å²) in [5, 5.41) is 4.57. The molecule has 2 aromatic heterocycles. The normalized spacial score (nSPS) is 12.0. The van der Waals surface area contributed by atoms with Gasteiger partial charge < -0.3 is 10.1 Å². The number of benzene rings is 1. The maximum atomic E-state index is 12.7. The van der Waals surface area contributed by atoms with E-state index in [4.69, 9.17) is 4.74 Å². The minimum atomic E-state index is -0.265. The molecule has 1 aromatic carbocycles. The van der Waals surface area contributed by atoms with Crippen LogP contribution in [0.15, 0.2) is 35.4 Å². The number of thiophene rings is 1. The Morgan fingerprint density at radius 2 is 2.03 bits per heavy atom. The van der Waals surface area contributed by atoms with Crippen molar-refractivity contribution in [3.05, 3.63) is 45.9 Å². The maximum Gasteiger partial charge on any atom is 0.228 e. The molecule has 0 aliphatic heterocycles. The van der Waals surface area contributed by atoms with Crippen LogP contribution in [0.2, 0.25) is 0 Å². The molecule has 0 aliphatic rings. The number of aromatic nitrogens is 2. The molecule has 1 N–H and O–H groups in total. The highest BCUT2D eigenvalue weighted by Gasteiger charge is 2.19. The predicted octanol–water partition coefficient (Wildman–Crippen LogP) is 4.61. The quantitative estimate of drug-likeness (QED) is 0.295. The van der Waals surface area contributed by atoms with Crippen LogP contribution < -0.4 is 10.1 Å². The van der Waals surface area contributed by atoms with Gasteiger partial charge in [0.1, 0.15) is 16.6 Å². The molecule has 0 spiro atoms. The van der Waals surface area contributed by atoms with E-state index in [-0.39, 0.29) is 23.4 Å². The van der Waals surface area contributed by atoms with Crippen LogP contribution >= 0.6 is 23.1 Å². The number of carbonyl (C=O) groups excluding carboxylic acids is 2. The molecule has 3 rings (SSSR count). The van der Waals surface area contributed by atoms with Gasteiger partial charge >= 0.3 is 0 Å². The highest BCUT2D eigenvalue weighted by molar-refractivity contribution is 8.00. The van der Waals surface area contributed by atoms with Gasteiger partial charge in [0.15, 0.2) is 5.78 Å². The Bertz CT molecular complexity index is 1060. The Hall–Kier alpha value is -2.45. The number of methoxy groups -OCH3 is 1. The van der Waals surface area contributed by atoms with E-state index in [1.54, 1.807) is 13.2 Å². The first kappa shape index (κ1) is 22.2. The largest absolute Gasteiger partial charge is 0.497 e. The third-order valence-electron chi connectivity index (χ3n) is 4.59. The second-order valence-corrected chi connectivity index (χ2v) is 8.97. The van der Waals surface area contributed by atoms with Crippen LogP contribution in [0.3, 0.4) is 0 Å². The molecule has 0 saturated heterocycles. The number of nitrogens with zero attached hydrogens (tertiary/aromatic N) is 2. The third kappa shape index (κ3) is 5.17. The van der Waals surface area contributed by atoms with Gasteiger partial charge in [-0.3, -0.25) is 9.59 Å². The maximum absolute atomic E-state index is 12.7. The standard InChI is InChI=1S/C22H25N3O3S2/c1-5-10-23-21(27)13(2)19-8-9-20(30-19)18(26)12-29-22-16-7-6-15(28-4)11-17(16)24-14(3)25-22/h6-9,11,13H,5,10,12H2,1-4H3,(H,23,27). The summed E-state index contributed by atoms with van der Waals surface area (Å²) in [5.41, 5.74) is 0.794. The molecular weight excluding hydrogens is 418 g/mol. The zero-order valence-electron chi connectivity index (χ0n) is 17.5. The molecule has 30 heavy (non-hydrogen) atoms. The molecule has 0 radical (unpaired) electrons. The molecule has 1 amide bonds. The summed E-state index contributed by atoms with van der Waals surface area (Å²) >= 11 is 2.79. The fourth-order valence-electron chi connectivity index (χ4n) is 2.90. The van der Waals surface area contributed by atoms with Gasteiger partial charge in [-0.1, -0.05) is 18.7 Å². The lowest BCUT2D eigenvalue weighted by molar-refractivity contribution is -0.122. The van der Waals surface area contributed by atoms with Crippen LogP contribution in [0.4, 0.5) is 0 Å². The Labute approximate surface area is 184 Å². The summed E-state index contributed by atoms with van der Waals surface area (Å²) in [5.74, 6) is 1.40. The molecule has 1 unspecified atom stereocenters. The van der Waals surface area contributed by atoms with Crippen LogP contribution in [0.1, 0.15) is 46.6 Å². The number of ketones is 1. The van der Waals surface area contributed by atoms with Crippen molar-refractivity contribution in [1.82, 2.24) is 15.3 Å². The number of nitrogens with one attached hydrogen (secondary N) is 1. The molecule has 158 valence electrons. The molecule has 0 saturated carbocycles. The van der Waals surface area contributed by atoms with Gasteiger partial charge in [0, 0.05) is 22.9 Å². The van der Waals surface area contributed by atoms with E-state index >= 15 is 0 Å². The Morgan fingerprint density at radius 3 is 2.77 bits per heavy atom. The number of amides is 1. The van der Waals surface area contributed by atoms with E-state index in [9.17, 15) is 9.59 Å². The number of carbonyl (C=O) groups is 2. The number of aryl methyl sites for hydroxylation is 1. The molecule has 8 heteroatoms. The van der Waals surface area contributed by atoms with Gasteiger partial charge in [-0.15, -0.1) is 11.3 Å². The van der Waals surface area contributed by atoms with Crippen molar-refractivity contribution in [3.8, 4) is 5.75 Å². The summed E-state index contributed by atoms with van der Waals surface area (Å²) < 4.78 is 5.27. The average Bonchev–Trinajstić information content (AvgIpc) is 3.24. The fourth-order valence-corrected chi connectivity index (χ4v) is 4.93. The number of ether oxygens (including phenoxy) is 1. The van der Waals surface area contributed by atoms with Crippen LogP contribution in [0.25, 0.3) is 10.9 Å². The number of Topliss-reactive ketones (excluding diaryl/α,β-unsaturated/α-hetero) is 1. The molecule has 1 atom stereocenters. The van der Waals surface area contributed by atoms with Gasteiger partial charge in [0.2, 0.25) is 5.91 Å². The lowest BCUT2D eigenvalue weighted by Gasteiger charge is -2.09. The molecule has 3 aromatic rings. The van der Waals surface area contributed by atoms with E-state index in [0.717, 1.165) is 33.0 Å². The fraction of sp³-hybridized carbons (Fsp3) is 0.364. The molecular formula is C22H25N3O3S2. The summed E-state index contributed by atoms with van der Waals surface area (Å²) in [6.07, 6.45) is 0.897. The van der Waals surface area contributed by atoms with Gasteiger partial charge in [0.25, 0.3) is 0 Å². The molecule has 0 bridgehead atoms. The van der Waals surface area contributed by atoms with Crippen LogP contribution in [0, 0.1) is 6.92 Å². The molecule has 0 fully saturated rings. The van der Waals surface area contributed by atoms with Crippen molar-refractivity contribution >= 4 is 45.7 Å². The second-order valence-electron chi connectivity index (χ2n) is 6.89. The number of hydrogen-bond acceptors (Lipinski definition) is 7. The predicted molar refractivity (Wildman–Crippen MR) is 122 cm³/mol. The van der Waals surface area contributed by atoms with E-state index < -0.39 is 0 Å². The van der Waals surface area contributed by atoms with Crippen LogP contribution in [-0.4, -0.2) is 41.1 Å². The highest BCUT2D eigenvalue weighted by Crippen LogP contribution is 2.30. The van der Waals surface area contributed by atoms with Crippen LogP contribution in [0.5, 0.6) is 5.75 Å². The van der Waals surface area contributed by atoms with Crippen LogP contribution in [-0.2, 0) is 4.79 Å². The summed E-state index contributed by atoms with van der Waals surface area (Å²) in [4.78, 5) is 35.5. The summed E-state index contributed by atoms with van der Waals surface area (Å²) in [6, 6.07) is 9.33. The monoisotopic (exact) mass is 443 g/mol. The SMILES string of the molecule is CCCNC(=O)C(C)c1ccc(C(=O)CSc2nc(C)nc3cc(OC)ccc23)s1. The number of hydrogen-bond donors (Lipinski definition) is 1. The average molecular weight is 444 g/mol. The van der Waals surface area contributed by atoms with Crippen molar-refractivity contribution < 1.29 is 14.3 Å². The first-order chi connectivity index (χ1) is 14.4. The number of fused-ring (bicyclic) bond motifs is 1. The lowest BCUT2D eigenvalue weighted by atomic mass is 10.1. The van der Waals surface area contributed by atoms with Crippen molar-refractivity contribution in [2.45, 2.75) is 38.1 Å². The Kier molecular flexibility index (Phi) is 7.44. The van der Waals surface area contributed by atoms with Gasteiger partial charge in [-0.05, 0) is 44.5 Å². The van der Waals surface area contributed by atoms with E-state index in [1.165, 1.54) is 23.1 Å². The van der Waals surface area contributed by atoms with E-state index in [0.29, 0.717) is 17.2 Å². The van der Waals surface area contributed by atoms with Gasteiger partial charge in [-0.25, -0.2) is 9.97 Å². The first-order valence-electron chi connectivity index (χ1n) is 9.78. The lowest BCUT2D eigenvalue weighted by Crippen LogP contribution is -2.28. The molecule has 0 aliphatic carbocycles. The minimum Gasteiger partial charge on any atom is -0.497 e. The Morgan fingerprint density at radius 1 is 1.23 bits per heavy atom. The van der Waals surface area contributed by atoms with Crippen molar-refractivity contribution in [1.29, 1.82) is 0 Å². The van der Waals surface area contributed by atoms with Crippen molar-refractivity contribution in [2.24, 2.45) is 0 Å². The summed E-state index contributed by atoms with van der Waals surface area (Å²) in [7, 11) is 1.62. The first-order valence-corrected chi connectivity index (χ1v) is 11.6. The van der Waals surface area contributed by atoms with Gasteiger partial charge in [0.05, 0.1) is 29.2 Å². The van der Waals surface area contributed by atoms with Crippen molar-refractivity contribution in [3.63, 3.8) is 0 Å². The topological polar surface area (TPSA) is 81.2 Å². The van der Waals surface area contributed by atoms with E-state index in [1.807, 2.05) is 45.0 Å². The molecule has 6 nitrogen and oxygen atoms in total. The smallest absolute Gasteiger partial charge is 0.228 e. The van der Waals surface area contributed by atoms with Crippen molar-refractivity contribution in [2.75, 3.05) is 19.4 Å². The van der Waals surface area contributed by atoms with E-state index in [2.05, 4.69) is 15.3 Å². The number of thioether (sulfide) groups is 1. The zero-order valence-corrected chi connectivity index (χ0v) is 19.2. The molecule has 2 heterocycles. The highest BCUT2D eigenvalue weighted by atomic mass is 32.2.